The zero-order chi connectivity index (χ0) is 19.2. The third-order valence-corrected chi connectivity index (χ3v) is 5.40. The van der Waals surface area contributed by atoms with Crippen molar-refractivity contribution < 1.29 is 19.7 Å². The van der Waals surface area contributed by atoms with E-state index in [2.05, 4.69) is 9.88 Å². The number of aromatic nitrogens is 1. The molecular weight excluding hydrogens is 348 g/mol. The van der Waals surface area contributed by atoms with Crippen LogP contribution < -0.4 is 4.90 Å². The second-order valence-electron chi connectivity index (χ2n) is 7.29. The predicted molar refractivity (Wildman–Crippen MR) is 102 cm³/mol. The molecule has 2 aliphatic rings. The largest absolute Gasteiger partial charge is 0.394 e. The minimum atomic E-state index is -0.814. The number of morpholine rings is 1. The molecule has 27 heavy (non-hydrogen) atoms. The highest BCUT2D eigenvalue weighted by atomic mass is 16.5. The maximum atomic E-state index is 12.8. The fraction of sp³-hybridized carbons (Fsp3) is 0.684. The summed E-state index contributed by atoms with van der Waals surface area (Å²) in [5, 5.41) is 18.5. The molecule has 0 spiro atoms. The van der Waals surface area contributed by atoms with Gasteiger partial charge in [-0.1, -0.05) is 0 Å². The number of likely N-dealkylation sites (tertiary alicyclic amines) is 1. The van der Waals surface area contributed by atoms with Crippen molar-refractivity contribution in [2.24, 2.45) is 0 Å². The molecule has 3 heterocycles. The number of rotatable bonds is 6. The topological polar surface area (TPSA) is 89.4 Å². The monoisotopic (exact) mass is 378 g/mol. The first-order valence-corrected chi connectivity index (χ1v) is 9.65. The molecule has 8 nitrogen and oxygen atoms in total. The molecule has 0 aliphatic carbocycles. The highest BCUT2D eigenvalue weighted by Crippen LogP contribution is 2.20. The molecule has 1 amide bonds. The Morgan fingerprint density at radius 1 is 1.30 bits per heavy atom. The summed E-state index contributed by atoms with van der Waals surface area (Å²) in [6, 6.07) is 4.10. The summed E-state index contributed by atoms with van der Waals surface area (Å²) in [5.74, 6) is 0.678. The van der Waals surface area contributed by atoms with Crippen LogP contribution in [0.4, 0.5) is 5.82 Å². The van der Waals surface area contributed by atoms with Gasteiger partial charge in [0.25, 0.3) is 5.91 Å². The third-order valence-electron chi connectivity index (χ3n) is 5.40. The molecule has 1 unspecified atom stereocenters. The molecule has 3 rings (SSSR count). The molecule has 2 fully saturated rings. The number of aliphatic hydroxyl groups excluding tert-OH is 2. The molecule has 0 bridgehead atoms. The van der Waals surface area contributed by atoms with Gasteiger partial charge in [0.15, 0.2) is 0 Å². The number of likely N-dealkylation sites (N-methyl/N-ethyl adjacent to an activating group) is 1. The van der Waals surface area contributed by atoms with Crippen LogP contribution in [0.15, 0.2) is 18.3 Å². The van der Waals surface area contributed by atoms with Gasteiger partial charge in [0.2, 0.25) is 0 Å². The van der Waals surface area contributed by atoms with E-state index in [4.69, 9.17) is 9.84 Å². The summed E-state index contributed by atoms with van der Waals surface area (Å²) in [6.45, 7) is 5.12. The minimum absolute atomic E-state index is 0.0209. The van der Waals surface area contributed by atoms with E-state index in [0.717, 1.165) is 52.2 Å². The van der Waals surface area contributed by atoms with Crippen molar-refractivity contribution in [2.75, 3.05) is 64.5 Å². The molecule has 0 radical (unpaired) electrons. The van der Waals surface area contributed by atoms with Gasteiger partial charge in [0, 0.05) is 52.0 Å². The number of amides is 1. The van der Waals surface area contributed by atoms with Gasteiger partial charge in [-0.2, -0.15) is 0 Å². The molecule has 150 valence electrons. The quantitative estimate of drug-likeness (QED) is 0.709. The van der Waals surface area contributed by atoms with Gasteiger partial charge in [0.1, 0.15) is 5.82 Å². The van der Waals surface area contributed by atoms with E-state index in [9.17, 15) is 9.90 Å². The van der Waals surface area contributed by atoms with Gasteiger partial charge in [-0.25, -0.2) is 4.98 Å². The summed E-state index contributed by atoms with van der Waals surface area (Å²) in [7, 11) is 1.79. The van der Waals surface area contributed by atoms with Gasteiger partial charge in [-0.15, -0.1) is 0 Å². The molecule has 2 N–H and O–H groups in total. The number of carbonyl (C=O) groups excluding carboxylic acids is 1. The Labute approximate surface area is 160 Å². The van der Waals surface area contributed by atoms with Crippen molar-refractivity contribution in [1.82, 2.24) is 14.8 Å². The number of anilines is 1. The van der Waals surface area contributed by atoms with E-state index in [-0.39, 0.29) is 19.1 Å². The average Bonchev–Trinajstić information content (AvgIpc) is 2.74. The smallest absolute Gasteiger partial charge is 0.255 e. The van der Waals surface area contributed by atoms with E-state index in [0.29, 0.717) is 17.4 Å². The number of aliphatic hydroxyl groups is 2. The van der Waals surface area contributed by atoms with E-state index in [1.54, 1.807) is 30.3 Å². The van der Waals surface area contributed by atoms with Crippen molar-refractivity contribution in [3.05, 3.63) is 23.9 Å². The van der Waals surface area contributed by atoms with Crippen LogP contribution in [0.3, 0.4) is 0 Å². The summed E-state index contributed by atoms with van der Waals surface area (Å²) in [5.41, 5.74) is 0.583. The van der Waals surface area contributed by atoms with Crippen LogP contribution in [0.25, 0.3) is 0 Å². The Hall–Kier alpha value is -1.74. The standard InChI is InChI=1S/C19H30N4O4/c1-21(13-17(25)14-24)18-3-2-15(12-20-18)19(26)23-6-4-16(5-7-23)22-8-10-27-11-9-22/h2-3,12,16-17,24-25H,4-11,13-14H2,1H3. The molecule has 2 aliphatic heterocycles. The maximum absolute atomic E-state index is 12.8. The van der Waals surface area contributed by atoms with Crippen LogP contribution in [0.2, 0.25) is 0 Å². The lowest BCUT2D eigenvalue weighted by Gasteiger charge is -2.40. The van der Waals surface area contributed by atoms with Gasteiger partial charge < -0.3 is 24.7 Å². The number of nitrogens with zero attached hydrogens (tertiary/aromatic N) is 4. The predicted octanol–water partition coefficient (Wildman–Crippen LogP) is -0.192. The van der Waals surface area contributed by atoms with E-state index in [1.807, 2.05) is 4.90 Å². The lowest BCUT2D eigenvalue weighted by molar-refractivity contribution is 0.00158. The molecular formula is C19H30N4O4. The fourth-order valence-electron chi connectivity index (χ4n) is 3.77. The van der Waals surface area contributed by atoms with Crippen molar-refractivity contribution in [1.29, 1.82) is 0 Å². The average molecular weight is 378 g/mol. The molecule has 1 aromatic rings. The summed E-state index contributed by atoms with van der Waals surface area (Å²) in [4.78, 5) is 23.2. The molecule has 0 saturated carbocycles. The lowest BCUT2D eigenvalue weighted by Crippen LogP contribution is -2.50. The molecule has 0 aromatic carbocycles. The molecule has 1 atom stereocenters. The van der Waals surface area contributed by atoms with Gasteiger partial charge >= 0.3 is 0 Å². The van der Waals surface area contributed by atoms with Crippen molar-refractivity contribution in [3.63, 3.8) is 0 Å². The Bertz CT molecular complexity index is 598. The fourth-order valence-corrected chi connectivity index (χ4v) is 3.77. The minimum Gasteiger partial charge on any atom is -0.394 e. The van der Waals surface area contributed by atoms with Crippen LogP contribution in [-0.2, 0) is 4.74 Å². The first kappa shape index (κ1) is 20.0. The Balaban J connectivity index is 1.52. The first-order chi connectivity index (χ1) is 13.1. The number of hydrogen-bond donors (Lipinski definition) is 2. The van der Waals surface area contributed by atoms with Crippen LogP contribution in [0, 0.1) is 0 Å². The summed E-state index contributed by atoms with van der Waals surface area (Å²) in [6.07, 6.45) is 2.77. The maximum Gasteiger partial charge on any atom is 0.255 e. The molecule has 8 heteroatoms. The van der Waals surface area contributed by atoms with Crippen molar-refractivity contribution >= 4 is 11.7 Å². The van der Waals surface area contributed by atoms with Crippen LogP contribution in [0.5, 0.6) is 0 Å². The Kier molecular flexibility index (Phi) is 7.01. The zero-order valence-corrected chi connectivity index (χ0v) is 16.0. The second-order valence-corrected chi connectivity index (χ2v) is 7.29. The summed E-state index contributed by atoms with van der Waals surface area (Å²) >= 11 is 0. The van der Waals surface area contributed by atoms with E-state index < -0.39 is 6.10 Å². The van der Waals surface area contributed by atoms with Gasteiger partial charge in [0.05, 0.1) is 31.5 Å². The second kappa shape index (κ2) is 9.45. The van der Waals surface area contributed by atoms with Gasteiger partial charge in [-0.3, -0.25) is 9.69 Å². The third kappa shape index (κ3) is 5.16. The molecule has 2 saturated heterocycles. The van der Waals surface area contributed by atoms with E-state index >= 15 is 0 Å². The van der Waals surface area contributed by atoms with Crippen LogP contribution in [0.1, 0.15) is 23.2 Å². The SMILES string of the molecule is CN(CC(O)CO)c1ccc(C(=O)N2CCC(N3CCOCC3)CC2)cn1. The van der Waals surface area contributed by atoms with Crippen molar-refractivity contribution in [3.8, 4) is 0 Å². The Morgan fingerprint density at radius 3 is 2.59 bits per heavy atom. The van der Waals surface area contributed by atoms with Crippen molar-refractivity contribution in [2.45, 2.75) is 25.0 Å². The number of ether oxygens (including phenoxy) is 1. The van der Waals surface area contributed by atoms with E-state index in [1.165, 1.54) is 0 Å². The normalized spacial score (nSPS) is 20.5. The zero-order valence-electron chi connectivity index (χ0n) is 16.0. The first-order valence-electron chi connectivity index (χ1n) is 9.65. The van der Waals surface area contributed by atoms with Crippen LogP contribution in [-0.4, -0.2) is 103 Å². The number of hydrogen-bond acceptors (Lipinski definition) is 7. The van der Waals surface area contributed by atoms with Crippen LogP contribution >= 0.6 is 0 Å². The number of pyridine rings is 1. The molecule has 1 aromatic heterocycles. The number of piperidine rings is 1. The summed E-state index contributed by atoms with van der Waals surface area (Å²) < 4.78 is 5.42. The lowest BCUT2D eigenvalue weighted by atomic mass is 10.0. The highest BCUT2D eigenvalue weighted by molar-refractivity contribution is 5.94. The number of carbonyl (C=O) groups is 1. The Morgan fingerprint density at radius 2 is 2.00 bits per heavy atom. The highest BCUT2D eigenvalue weighted by Gasteiger charge is 2.28. The van der Waals surface area contributed by atoms with Gasteiger partial charge in [-0.05, 0) is 25.0 Å².